The van der Waals surface area contributed by atoms with Crippen LogP contribution in [0.5, 0.6) is 0 Å². The molecule has 2 rings (SSSR count). The van der Waals surface area contributed by atoms with Crippen molar-refractivity contribution in [3.63, 3.8) is 0 Å². The number of hydrogen-bond acceptors (Lipinski definition) is 3. The van der Waals surface area contributed by atoms with E-state index in [0.717, 1.165) is 5.75 Å². The van der Waals surface area contributed by atoms with Gasteiger partial charge in [-0.1, -0.05) is 17.8 Å². The van der Waals surface area contributed by atoms with Crippen molar-refractivity contribution < 1.29 is 8.78 Å². The van der Waals surface area contributed by atoms with Crippen molar-refractivity contribution in [3.8, 4) is 0 Å². The van der Waals surface area contributed by atoms with Crippen molar-refractivity contribution >= 4 is 22.6 Å². The molecule has 0 radical (unpaired) electrons. The molecular weight excluding hydrogens is 218 g/mol. The van der Waals surface area contributed by atoms with Crippen LogP contribution in [0, 0.1) is 18.6 Å². The van der Waals surface area contributed by atoms with E-state index in [2.05, 4.69) is 10.3 Å². The maximum Gasteiger partial charge on any atom is 0.161 e. The van der Waals surface area contributed by atoms with Gasteiger partial charge in [-0.3, -0.25) is 4.99 Å². The SMILES string of the molecule is Cc1ccc(F)c(NC2=NCCS2)c1F. The summed E-state index contributed by atoms with van der Waals surface area (Å²) in [7, 11) is 0. The minimum absolute atomic E-state index is 0.108. The molecule has 15 heavy (non-hydrogen) atoms. The summed E-state index contributed by atoms with van der Waals surface area (Å²) in [6.45, 7) is 2.30. The molecule has 1 aliphatic heterocycles. The van der Waals surface area contributed by atoms with Crippen molar-refractivity contribution in [2.75, 3.05) is 17.6 Å². The van der Waals surface area contributed by atoms with E-state index in [0.29, 0.717) is 17.3 Å². The first kappa shape index (κ1) is 10.4. The lowest BCUT2D eigenvalue weighted by Gasteiger charge is -2.09. The van der Waals surface area contributed by atoms with E-state index in [9.17, 15) is 8.78 Å². The zero-order chi connectivity index (χ0) is 10.8. The molecule has 0 saturated carbocycles. The number of anilines is 1. The summed E-state index contributed by atoms with van der Waals surface area (Å²) >= 11 is 1.47. The molecule has 0 aliphatic carbocycles. The molecule has 0 bridgehead atoms. The Morgan fingerprint density at radius 3 is 2.87 bits per heavy atom. The number of thioether (sulfide) groups is 1. The Morgan fingerprint density at radius 2 is 2.20 bits per heavy atom. The molecule has 1 aromatic rings. The molecule has 1 aliphatic rings. The first-order valence-corrected chi connectivity index (χ1v) is 5.56. The van der Waals surface area contributed by atoms with Crippen LogP contribution in [0.2, 0.25) is 0 Å². The monoisotopic (exact) mass is 228 g/mol. The van der Waals surface area contributed by atoms with E-state index in [1.165, 1.54) is 23.9 Å². The Kier molecular flexibility index (Phi) is 2.90. The molecule has 1 N–H and O–H groups in total. The van der Waals surface area contributed by atoms with Gasteiger partial charge in [-0.15, -0.1) is 0 Å². The smallest absolute Gasteiger partial charge is 0.161 e. The summed E-state index contributed by atoms with van der Waals surface area (Å²) in [5.74, 6) is -0.282. The molecule has 80 valence electrons. The minimum atomic E-state index is -0.590. The van der Waals surface area contributed by atoms with Gasteiger partial charge in [-0.2, -0.15) is 0 Å². The van der Waals surface area contributed by atoms with Gasteiger partial charge in [-0.05, 0) is 18.6 Å². The zero-order valence-electron chi connectivity index (χ0n) is 8.18. The Bertz CT molecular complexity index is 418. The molecule has 0 aromatic heterocycles. The summed E-state index contributed by atoms with van der Waals surface area (Å²) in [6.07, 6.45) is 0. The third kappa shape index (κ3) is 2.12. The van der Waals surface area contributed by atoms with Crippen molar-refractivity contribution in [1.29, 1.82) is 0 Å². The van der Waals surface area contributed by atoms with E-state index in [1.54, 1.807) is 6.92 Å². The summed E-state index contributed by atoms with van der Waals surface area (Å²) in [6, 6.07) is 2.67. The highest BCUT2D eigenvalue weighted by atomic mass is 32.2. The van der Waals surface area contributed by atoms with Gasteiger partial charge < -0.3 is 5.32 Å². The molecule has 2 nitrogen and oxygen atoms in total. The van der Waals surface area contributed by atoms with Crippen LogP contribution in [0.15, 0.2) is 17.1 Å². The van der Waals surface area contributed by atoms with E-state index in [-0.39, 0.29) is 5.69 Å². The largest absolute Gasteiger partial charge is 0.330 e. The van der Waals surface area contributed by atoms with Crippen molar-refractivity contribution in [3.05, 3.63) is 29.3 Å². The number of nitrogens with one attached hydrogen (secondary N) is 1. The van der Waals surface area contributed by atoms with Crippen molar-refractivity contribution in [2.45, 2.75) is 6.92 Å². The van der Waals surface area contributed by atoms with Crippen LogP contribution in [0.3, 0.4) is 0 Å². The van der Waals surface area contributed by atoms with Gasteiger partial charge in [0.15, 0.2) is 11.0 Å². The third-order valence-corrected chi connectivity index (χ3v) is 2.99. The lowest BCUT2D eigenvalue weighted by molar-refractivity contribution is 0.585. The fourth-order valence-corrected chi connectivity index (χ4v) is 2.02. The number of nitrogens with zero attached hydrogens (tertiary/aromatic N) is 1. The van der Waals surface area contributed by atoms with Crippen LogP contribution in [0.25, 0.3) is 0 Å². The van der Waals surface area contributed by atoms with Crippen molar-refractivity contribution in [2.24, 2.45) is 4.99 Å². The number of hydrogen-bond donors (Lipinski definition) is 1. The standard InChI is InChI=1S/C10H10F2N2S/c1-6-2-3-7(11)9(8(6)12)14-10-13-4-5-15-10/h2-3H,4-5H2,1H3,(H,13,14). The summed E-state index contributed by atoms with van der Waals surface area (Å²) in [5.41, 5.74) is 0.311. The Morgan fingerprint density at radius 1 is 1.40 bits per heavy atom. The highest BCUT2D eigenvalue weighted by Gasteiger charge is 2.15. The van der Waals surface area contributed by atoms with E-state index in [1.807, 2.05) is 0 Å². The molecule has 0 atom stereocenters. The summed E-state index contributed by atoms with van der Waals surface area (Å²) < 4.78 is 26.9. The molecule has 5 heteroatoms. The number of amidine groups is 1. The number of rotatable bonds is 1. The highest BCUT2D eigenvalue weighted by molar-refractivity contribution is 8.14. The minimum Gasteiger partial charge on any atom is -0.330 e. The zero-order valence-corrected chi connectivity index (χ0v) is 9.00. The van der Waals surface area contributed by atoms with Crippen LogP contribution < -0.4 is 5.32 Å². The van der Waals surface area contributed by atoms with Gasteiger partial charge in [0.05, 0.1) is 6.54 Å². The van der Waals surface area contributed by atoms with Gasteiger partial charge in [-0.25, -0.2) is 8.78 Å². The van der Waals surface area contributed by atoms with Crippen LogP contribution >= 0.6 is 11.8 Å². The molecule has 0 fully saturated rings. The lowest BCUT2D eigenvalue weighted by atomic mass is 10.2. The fourth-order valence-electron chi connectivity index (χ4n) is 1.29. The number of benzene rings is 1. The van der Waals surface area contributed by atoms with Gasteiger partial charge in [0.2, 0.25) is 0 Å². The van der Waals surface area contributed by atoms with Gasteiger partial charge in [0.25, 0.3) is 0 Å². The quantitative estimate of drug-likeness (QED) is 0.799. The Labute approximate surface area is 90.8 Å². The van der Waals surface area contributed by atoms with Crippen LogP contribution in [-0.2, 0) is 0 Å². The second kappa shape index (κ2) is 4.18. The fraction of sp³-hybridized carbons (Fsp3) is 0.300. The maximum absolute atomic E-state index is 13.5. The number of aryl methyl sites for hydroxylation is 1. The van der Waals surface area contributed by atoms with Crippen LogP contribution in [0.4, 0.5) is 14.5 Å². The molecule has 1 heterocycles. The third-order valence-electron chi connectivity index (χ3n) is 2.10. The average Bonchev–Trinajstić information content (AvgIpc) is 2.71. The molecular formula is C10H10F2N2S. The molecule has 0 saturated heterocycles. The lowest BCUT2D eigenvalue weighted by Crippen LogP contribution is -2.09. The predicted molar refractivity (Wildman–Crippen MR) is 59.5 cm³/mol. The van der Waals surface area contributed by atoms with Crippen molar-refractivity contribution in [1.82, 2.24) is 0 Å². The van der Waals surface area contributed by atoms with Gasteiger partial charge >= 0.3 is 0 Å². The second-order valence-corrected chi connectivity index (χ2v) is 4.30. The van der Waals surface area contributed by atoms with Crippen LogP contribution in [0.1, 0.15) is 5.56 Å². The number of halogens is 2. The normalized spacial score (nSPS) is 15.3. The first-order chi connectivity index (χ1) is 7.18. The molecule has 1 aromatic carbocycles. The molecule has 0 unspecified atom stereocenters. The Balaban J connectivity index is 2.30. The van der Waals surface area contributed by atoms with Gasteiger partial charge in [0, 0.05) is 5.75 Å². The summed E-state index contributed by atoms with van der Waals surface area (Å²) in [4.78, 5) is 4.08. The average molecular weight is 228 g/mol. The maximum atomic E-state index is 13.5. The highest BCUT2D eigenvalue weighted by Crippen LogP contribution is 2.24. The predicted octanol–water partition coefficient (Wildman–Crippen LogP) is 2.79. The molecule has 0 spiro atoms. The summed E-state index contributed by atoms with van der Waals surface area (Å²) in [5, 5.41) is 3.26. The van der Waals surface area contributed by atoms with Gasteiger partial charge in [0.1, 0.15) is 11.5 Å². The van der Waals surface area contributed by atoms with Crippen LogP contribution in [-0.4, -0.2) is 17.5 Å². The first-order valence-electron chi connectivity index (χ1n) is 4.57. The molecule has 0 amide bonds. The van der Waals surface area contributed by atoms with E-state index < -0.39 is 11.6 Å². The number of aliphatic imine (C=N–C) groups is 1. The topological polar surface area (TPSA) is 24.4 Å². The van der Waals surface area contributed by atoms with E-state index in [4.69, 9.17) is 0 Å². The Hall–Kier alpha value is -1.10. The van der Waals surface area contributed by atoms with E-state index >= 15 is 0 Å². The second-order valence-electron chi connectivity index (χ2n) is 3.21.